The number of nitrogens with one attached hydrogen (secondary N) is 1. The van der Waals surface area contributed by atoms with E-state index in [1.165, 1.54) is 12.1 Å². The summed E-state index contributed by atoms with van der Waals surface area (Å²) in [5.41, 5.74) is 2.36. The lowest BCUT2D eigenvalue weighted by Crippen LogP contribution is -2.12. The van der Waals surface area contributed by atoms with E-state index in [1.807, 2.05) is 0 Å². The van der Waals surface area contributed by atoms with E-state index >= 15 is 0 Å². The van der Waals surface area contributed by atoms with Gasteiger partial charge in [0.2, 0.25) is 10.0 Å². The van der Waals surface area contributed by atoms with Gasteiger partial charge in [0.1, 0.15) is 0 Å². The summed E-state index contributed by atoms with van der Waals surface area (Å²) in [5.74, 6) is -0.265. The standard InChI is InChI=1S/C15H11ClN2O3S/c16-10-4-5-12-13(15(19)18-14(12)8-10)7-9-2-1-3-11(6-9)22(17,20)21/h1-8H,(H,18,19)(H2,17,20,21). The van der Waals surface area contributed by atoms with Gasteiger partial charge in [-0.3, -0.25) is 4.79 Å². The van der Waals surface area contributed by atoms with Crippen molar-refractivity contribution in [3.8, 4) is 0 Å². The van der Waals surface area contributed by atoms with Gasteiger partial charge < -0.3 is 5.32 Å². The lowest BCUT2D eigenvalue weighted by molar-refractivity contribution is -0.110. The summed E-state index contributed by atoms with van der Waals surface area (Å²) in [4.78, 5) is 12.1. The second-order valence-electron chi connectivity index (χ2n) is 4.82. The van der Waals surface area contributed by atoms with Crippen LogP contribution in [0.4, 0.5) is 5.69 Å². The molecule has 0 bridgehead atoms. The van der Waals surface area contributed by atoms with Gasteiger partial charge >= 0.3 is 0 Å². The maximum atomic E-state index is 12.1. The van der Waals surface area contributed by atoms with Crippen LogP contribution in [0.15, 0.2) is 47.4 Å². The second kappa shape index (κ2) is 5.24. The van der Waals surface area contributed by atoms with E-state index in [4.69, 9.17) is 16.7 Å². The van der Waals surface area contributed by atoms with Gasteiger partial charge in [0, 0.05) is 16.2 Å². The Bertz CT molecular complexity index is 920. The zero-order valence-corrected chi connectivity index (χ0v) is 12.8. The van der Waals surface area contributed by atoms with Crippen LogP contribution in [0, 0.1) is 0 Å². The highest BCUT2D eigenvalue weighted by Crippen LogP contribution is 2.34. The third-order valence-corrected chi connectivity index (χ3v) is 4.41. The molecule has 0 unspecified atom stereocenters. The first kappa shape index (κ1) is 14.8. The monoisotopic (exact) mass is 334 g/mol. The molecule has 0 radical (unpaired) electrons. The average Bonchev–Trinajstić information content (AvgIpc) is 2.74. The summed E-state index contributed by atoms with van der Waals surface area (Å²) in [6, 6.07) is 11.2. The van der Waals surface area contributed by atoms with E-state index < -0.39 is 10.0 Å². The largest absolute Gasteiger partial charge is 0.321 e. The molecule has 2 aromatic carbocycles. The highest BCUT2D eigenvalue weighted by molar-refractivity contribution is 7.89. The highest BCUT2D eigenvalue weighted by atomic mass is 35.5. The molecular weight excluding hydrogens is 324 g/mol. The number of fused-ring (bicyclic) bond motifs is 1. The Hall–Kier alpha value is -2.15. The number of sulfonamides is 1. The molecule has 0 aromatic heterocycles. The second-order valence-corrected chi connectivity index (χ2v) is 6.82. The van der Waals surface area contributed by atoms with Gasteiger partial charge in [0.25, 0.3) is 5.91 Å². The minimum atomic E-state index is -3.79. The normalized spacial score (nSPS) is 15.7. The van der Waals surface area contributed by atoms with Crippen molar-refractivity contribution in [2.45, 2.75) is 4.90 Å². The predicted octanol–water partition coefficient (Wildman–Crippen LogP) is 2.48. The van der Waals surface area contributed by atoms with Crippen molar-refractivity contribution in [2.75, 3.05) is 5.32 Å². The smallest absolute Gasteiger partial charge is 0.256 e. The molecule has 112 valence electrons. The number of halogens is 1. The number of amides is 1. The molecule has 1 heterocycles. The Labute approximate surface area is 132 Å². The Morgan fingerprint density at radius 1 is 1.14 bits per heavy atom. The van der Waals surface area contributed by atoms with Gasteiger partial charge in [-0.15, -0.1) is 0 Å². The summed E-state index contributed by atoms with van der Waals surface area (Å²) in [6.45, 7) is 0. The van der Waals surface area contributed by atoms with E-state index in [9.17, 15) is 13.2 Å². The molecule has 0 atom stereocenters. The molecule has 0 spiro atoms. The number of hydrogen-bond acceptors (Lipinski definition) is 3. The van der Waals surface area contributed by atoms with Crippen molar-refractivity contribution in [1.82, 2.24) is 0 Å². The summed E-state index contributed by atoms with van der Waals surface area (Å²) in [7, 11) is -3.79. The number of primary sulfonamides is 1. The van der Waals surface area contributed by atoms with E-state index in [0.29, 0.717) is 21.8 Å². The minimum Gasteiger partial charge on any atom is -0.321 e. The molecule has 1 aliphatic heterocycles. The van der Waals surface area contributed by atoms with Gasteiger partial charge in [0.05, 0.1) is 10.6 Å². The van der Waals surface area contributed by atoms with Crippen LogP contribution in [0.25, 0.3) is 11.6 Å². The van der Waals surface area contributed by atoms with Crippen molar-refractivity contribution >= 4 is 44.9 Å². The fourth-order valence-corrected chi connectivity index (χ4v) is 3.00. The molecule has 0 saturated carbocycles. The summed E-state index contributed by atoms with van der Waals surface area (Å²) in [6.07, 6.45) is 1.61. The Kier molecular flexibility index (Phi) is 3.52. The first-order valence-electron chi connectivity index (χ1n) is 6.30. The first-order chi connectivity index (χ1) is 10.3. The minimum absolute atomic E-state index is 0.00316. The number of carbonyl (C=O) groups is 1. The zero-order chi connectivity index (χ0) is 15.9. The van der Waals surface area contributed by atoms with Gasteiger partial charge in [-0.25, -0.2) is 13.6 Å². The molecule has 3 rings (SSSR count). The quantitative estimate of drug-likeness (QED) is 0.827. The number of carbonyl (C=O) groups excluding carboxylic acids is 1. The van der Waals surface area contributed by atoms with Crippen LogP contribution in [0.5, 0.6) is 0 Å². The molecule has 1 amide bonds. The van der Waals surface area contributed by atoms with Crippen LogP contribution < -0.4 is 10.5 Å². The van der Waals surface area contributed by atoms with Crippen molar-refractivity contribution < 1.29 is 13.2 Å². The van der Waals surface area contributed by atoms with Gasteiger partial charge in [-0.2, -0.15) is 0 Å². The first-order valence-corrected chi connectivity index (χ1v) is 8.23. The van der Waals surface area contributed by atoms with Gasteiger partial charge in [-0.05, 0) is 35.9 Å². The Balaban J connectivity index is 2.09. The molecule has 22 heavy (non-hydrogen) atoms. The number of anilines is 1. The fourth-order valence-electron chi connectivity index (χ4n) is 2.26. The van der Waals surface area contributed by atoms with Crippen LogP contribution in [-0.4, -0.2) is 14.3 Å². The molecule has 0 saturated heterocycles. The van der Waals surface area contributed by atoms with Crippen molar-refractivity contribution in [2.24, 2.45) is 5.14 Å². The SMILES string of the molecule is NS(=O)(=O)c1cccc(C=C2C(=O)Nc3cc(Cl)ccc32)c1. The van der Waals surface area contributed by atoms with E-state index in [-0.39, 0.29) is 10.8 Å². The number of hydrogen-bond donors (Lipinski definition) is 2. The van der Waals surface area contributed by atoms with Crippen LogP contribution in [0.2, 0.25) is 5.02 Å². The zero-order valence-electron chi connectivity index (χ0n) is 11.2. The highest BCUT2D eigenvalue weighted by Gasteiger charge is 2.24. The molecule has 0 aliphatic carbocycles. The molecular formula is C15H11ClN2O3S. The lowest BCUT2D eigenvalue weighted by Gasteiger charge is -2.02. The van der Waals surface area contributed by atoms with Crippen LogP contribution >= 0.6 is 11.6 Å². The van der Waals surface area contributed by atoms with Gasteiger partial charge in [0.15, 0.2) is 0 Å². The van der Waals surface area contributed by atoms with E-state index in [1.54, 1.807) is 36.4 Å². The molecule has 5 nitrogen and oxygen atoms in total. The molecule has 1 aliphatic rings. The summed E-state index contributed by atoms with van der Waals surface area (Å²) in [5, 5.41) is 8.36. The van der Waals surface area contributed by atoms with Crippen LogP contribution in [0.3, 0.4) is 0 Å². The van der Waals surface area contributed by atoms with Crippen LogP contribution in [-0.2, 0) is 14.8 Å². The van der Waals surface area contributed by atoms with E-state index in [2.05, 4.69) is 5.32 Å². The molecule has 3 N–H and O–H groups in total. The number of benzene rings is 2. The van der Waals surface area contributed by atoms with Crippen LogP contribution in [0.1, 0.15) is 11.1 Å². The number of nitrogens with two attached hydrogens (primary N) is 1. The van der Waals surface area contributed by atoms with Crippen molar-refractivity contribution in [3.63, 3.8) is 0 Å². The predicted molar refractivity (Wildman–Crippen MR) is 85.8 cm³/mol. The topological polar surface area (TPSA) is 89.3 Å². The van der Waals surface area contributed by atoms with E-state index in [0.717, 1.165) is 5.56 Å². The third-order valence-electron chi connectivity index (χ3n) is 3.26. The van der Waals surface area contributed by atoms with Gasteiger partial charge in [-0.1, -0.05) is 29.8 Å². The van der Waals surface area contributed by atoms with Crippen molar-refractivity contribution in [3.05, 3.63) is 58.6 Å². The summed E-state index contributed by atoms with van der Waals surface area (Å²) >= 11 is 5.90. The lowest BCUT2D eigenvalue weighted by atomic mass is 10.0. The summed E-state index contributed by atoms with van der Waals surface area (Å²) < 4.78 is 22.8. The fraction of sp³-hybridized carbons (Fsp3) is 0. The molecule has 7 heteroatoms. The Morgan fingerprint density at radius 3 is 2.64 bits per heavy atom. The molecule has 2 aromatic rings. The number of rotatable bonds is 2. The molecule has 0 fully saturated rings. The Morgan fingerprint density at radius 2 is 1.91 bits per heavy atom. The van der Waals surface area contributed by atoms with Crippen molar-refractivity contribution in [1.29, 1.82) is 0 Å². The third kappa shape index (κ3) is 2.76. The average molecular weight is 335 g/mol. The maximum absolute atomic E-state index is 12.1. The maximum Gasteiger partial charge on any atom is 0.256 e.